The number of ether oxygens (including phenoxy) is 1. The summed E-state index contributed by atoms with van der Waals surface area (Å²) in [5.74, 6) is -0.671. The number of methoxy groups -OCH3 is 1. The number of amides is 1. The highest BCUT2D eigenvalue weighted by Gasteiger charge is 2.17. The molecule has 200 valence electrons. The minimum atomic E-state index is -0.500. The van der Waals surface area contributed by atoms with Crippen LogP contribution in [0.4, 0.5) is 5.69 Å². The summed E-state index contributed by atoms with van der Waals surface area (Å²) in [5.41, 5.74) is 2.72. The zero-order chi connectivity index (χ0) is 27.4. The Morgan fingerprint density at radius 2 is 1.62 bits per heavy atom. The van der Waals surface area contributed by atoms with E-state index in [1.165, 1.54) is 23.4 Å². The molecule has 0 unspecified atom stereocenters. The van der Waals surface area contributed by atoms with E-state index < -0.39 is 5.97 Å². The number of benzene rings is 3. The van der Waals surface area contributed by atoms with Gasteiger partial charge in [0.05, 0.1) is 29.3 Å². The van der Waals surface area contributed by atoms with Gasteiger partial charge in [0.25, 0.3) is 11.5 Å². The fourth-order valence-corrected chi connectivity index (χ4v) is 5.06. The van der Waals surface area contributed by atoms with E-state index in [1.807, 2.05) is 6.07 Å². The van der Waals surface area contributed by atoms with E-state index in [0.717, 1.165) is 32.7 Å². The van der Waals surface area contributed by atoms with Crippen molar-refractivity contribution in [2.75, 3.05) is 51.3 Å². The van der Waals surface area contributed by atoms with Crippen molar-refractivity contribution in [2.45, 2.75) is 0 Å². The average molecular weight is 544 g/mol. The number of nitrogens with zero attached hydrogens (tertiary/aromatic N) is 3. The van der Waals surface area contributed by atoms with E-state index >= 15 is 0 Å². The van der Waals surface area contributed by atoms with E-state index in [0.29, 0.717) is 34.3 Å². The summed E-state index contributed by atoms with van der Waals surface area (Å²) in [7, 11) is 1.30. The van der Waals surface area contributed by atoms with Gasteiger partial charge in [-0.3, -0.25) is 19.1 Å². The molecule has 0 saturated carbocycles. The van der Waals surface area contributed by atoms with E-state index in [4.69, 9.17) is 17.0 Å². The summed E-state index contributed by atoms with van der Waals surface area (Å²) in [6, 6.07) is 21.8. The summed E-state index contributed by atoms with van der Waals surface area (Å²) >= 11 is 5.43. The van der Waals surface area contributed by atoms with Crippen molar-refractivity contribution in [3.8, 4) is 5.69 Å². The molecule has 39 heavy (non-hydrogen) atoms. The van der Waals surface area contributed by atoms with E-state index in [1.54, 1.807) is 36.4 Å². The largest absolute Gasteiger partial charge is 0.465 e. The van der Waals surface area contributed by atoms with Crippen LogP contribution in [0.5, 0.6) is 0 Å². The van der Waals surface area contributed by atoms with Crippen molar-refractivity contribution in [3.63, 3.8) is 0 Å². The molecule has 1 amide bonds. The number of hydrogen-bond donors (Lipinski definition) is 2. The van der Waals surface area contributed by atoms with Gasteiger partial charge < -0.3 is 19.9 Å². The Bertz CT molecular complexity index is 1610. The second-order valence-electron chi connectivity index (χ2n) is 9.29. The first-order valence-corrected chi connectivity index (χ1v) is 13.1. The van der Waals surface area contributed by atoms with Gasteiger partial charge in [0.2, 0.25) is 0 Å². The molecule has 1 aromatic heterocycles. The zero-order valence-corrected chi connectivity index (χ0v) is 22.4. The molecule has 5 rings (SSSR count). The Morgan fingerprint density at radius 1 is 0.923 bits per heavy atom. The van der Waals surface area contributed by atoms with Gasteiger partial charge in [-0.15, -0.1) is 0 Å². The summed E-state index contributed by atoms with van der Waals surface area (Å²) in [6.07, 6.45) is 0. The van der Waals surface area contributed by atoms with Crippen LogP contribution >= 0.6 is 12.2 Å². The summed E-state index contributed by atoms with van der Waals surface area (Å²) < 4.78 is 6.29. The smallest absolute Gasteiger partial charge is 0.337 e. The van der Waals surface area contributed by atoms with Gasteiger partial charge in [0, 0.05) is 50.5 Å². The van der Waals surface area contributed by atoms with Gasteiger partial charge in [-0.1, -0.05) is 18.2 Å². The second-order valence-corrected chi connectivity index (χ2v) is 9.68. The van der Waals surface area contributed by atoms with Crippen LogP contribution < -0.4 is 15.8 Å². The number of carbonyl (C=O) groups excluding carboxylic acids is 2. The Hall–Kier alpha value is -4.28. The van der Waals surface area contributed by atoms with Crippen molar-refractivity contribution in [1.82, 2.24) is 19.8 Å². The standard InChI is InChI=1S/C29H29N5O4S/c1-38-28(37)21-9-12-24-25(19-21)31-29(39)34(27(24)36)23-10-7-20(8-11-23)26(35)30-13-14-32-15-17-33(18-16-32)22-5-3-2-4-6-22/h2-12,19H,13-18H2,1H3,(H,30,35)(H,31,39). The minimum Gasteiger partial charge on any atom is -0.465 e. The van der Waals surface area contributed by atoms with Crippen molar-refractivity contribution in [2.24, 2.45) is 0 Å². The topological polar surface area (TPSA) is 99.7 Å². The van der Waals surface area contributed by atoms with Crippen molar-refractivity contribution >= 4 is 40.7 Å². The number of fused-ring (bicyclic) bond motifs is 1. The lowest BCUT2D eigenvalue weighted by Crippen LogP contribution is -2.48. The monoisotopic (exact) mass is 543 g/mol. The summed E-state index contributed by atoms with van der Waals surface area (Å²) in [4.78, 5) is 45.5. The molecule has 2 heterocycles. The van der Waals surface area contributed by atoms with Gasteiger partial charge in [0.1, 0.15) is 0 Å². The lowest BCUT2D eigenvalue weighted by molar-refractivity contribution is 0.0600. The Labute approximate surface area is 230 Å². The molecule has 4 aromatic rings. The normalized spacial score (nSPS) is 13.8. The maximum Gasteiger partial charge on any atom is 0.337 e. The number of H-pyrrole nitrogens is 1. The SMILES string of the molecule is COC(=O)c1ccc2c(=O)n(-c3ccc(C(=O)NCCN4CCN(c5ccccc5)CC4)cc3)c(=S)[nH]c2c1. The Kier molecular flexibility index (Phi) is 7.85. The van der Waals surface area contributed by atoms with E-state index in [9.17, 15) is 14.4 Å². The number of aromatic amines is 1. The number of anilines is 1. The number of hydrogen-bond acceptors (Lipinski definition) is 7. The number of carbonyl (C=O) groups is 2. The van der Waals surface area contributed by atoms with Crippen molar-refractivity contribution < 1.29 is 14.3 Å². The van der Waals surface area contributed by atoms with Gasteiger partial charge in [-0.25, -0.2) is 4.79 Å². The van der Waals surface area contributed by atoms with Crippen LogP contribution in [0.2, 0.25) is 0 Å². The van der Waals surface area contributed by atoms with Gasteiger partial charge in [-0.05, 0) is 66.8 Å². The Balaban J connectivity index is 1.19. The predicted molar refractivity (Wildman–Crippen MR) is 153 cm³/mol. The van der Waals surface area contributed by atoms with Gasteiger partial charge in [0.15, 0.2) is 4.77 Å². The molecule has 2 N–H and O–H groups in total. The number of piperazine rings is 1. The van der Waals surface area contributed by atoms with Crippen molar-refractivity contribution in [3.05, 3.63) is 99.0 Å². The van der Waals surface area contributed by atoms with Crippen LogP contribution in [0.15, 0.2) is 77.6 Å². The van der Waals surface area contributed by atoms with Crippen LogP contribution in [-0.4, -0.2) is 72.7 Å². The molecule has 10 heteroatoms. The summed E-state index contributed by atoms with van der Waals surface area (Å²) in [6.45, 7) is 5.15. The number of nitrogens with one attached hydrogen (secondary N) is 2. The van der Waals surface area contributed by atoms with E-state index in [-0.39, 0.29) is 16.2 Å². The van der Waals surface area contributed by atoms with E-state index in [2.05, 4.69) is 44.4 Å². The molecule has 1 aliphatic rings. The van der Waals surface area contributed by atoms with Crippen LogP contribution in [0, 0.1) is 4.77 Å². The molecular weight excluding hydrogens is 514 g/mol. The molecule has 1 aliphatic heterocycles. The number of aromatic nitrogens is 2. The molecule has 3 aromatic carbocycles. The first-order chi connectivity index (χ1) is 18.9. The third-order valence-corrected chi connectivity index (χ3v) is 7.20. The second kappa shape index (κ2) is 11.6. The van der Waals surface area contributed by atoms with Gasteiger partial charge >= 0.3 is 5.97 Å². The minimum absolute atomic E-state index is 0.171. The molecule has 1 saturated heterocycles. The molecule has 9 nitrogen and oxygen atoms in total. The van der Waals surface area contributed by atoms with Crippen molar-refractivity contribution in [1.29, 1.82) is 0 Å². The average Bonchev–Trinajstić information content (AvgIpc) is 2.97. The Morgan fingerprint density at radius 3 is 2.31 bits per heavy atom. The van der Waals surface area contributed by atoms with Crippen LogP contribution in [-0.2, 0) is 4.74 Å². The first-order valence-electron chi connectivity index (χ1n) is 12.7. The molecule has 0 atom stereocenters. The highest BCUT2D eigenvalue weighted by Crippen LogP contribution is 2.16. The van der Waals surface area contributed by atoms with Crippen LogP contribution in [0.1, 0.15) is 20.7 Å². The third-order valence-electron chi connectivity index (χ3n) is 6.91. The first kappa shape index (κ1) is 26.3. The third kappa shape index (κ3) is 5.76. The molecule has 0 spiro atoms. The molecular formula is C29H29N5O4S. The quantitative estimate of drug-likeness (QED) is 0.272. The fraction of sp³-hybridized carbons (Fsp3) is 0.241. The predicted octanol–water partition coefficient (Wildman–Crippen LogP) is 3.39. The summed E-state index contributed by atoms with van der Waals surface area (Å²) in [5, 5.41) is 3.36. The van der Waals surface area contributed by atoms with Crippen LogP contribution in [0.3, 0.4) is 0 Å². The number of esters is 1. The van der Waals surface area contributed by atoms with Crippen LogP contribution in [0.25, 0.3) is 16.6 Å². The lowest BCUT2D eigenvalue weighted by Gasteiger charge is -2.36. The molecule has 0 aliphatic carbocycles. The lowest BCUT2D eigenvalue weighted by atomic mass is 10.1. The molecule has 1 fully saturated rings. The highest BCUT2D eigenvalue weighted by atomic mass is 32.1. The molecule has 0 bridgehead atoms. The highest BCUT2D eigenvalue weighted by molar-refractivity contribution is 7.71. The number of rotatable bonds is 7. The maximum absolute atomic E-state index is 13.2. The fourth-order valence-electron chi connectivity index (χ4n) is 4.76. The number of para-hydroxylation sites is 1. The maximum atomic E-state index is 13.2. The van der Waals surface area contributed by atoms with Gasteiger partial charge in [-0.2, -0.15) is 0 Å². The zero-order valence-electron chi connectivity index (χ0n) is 21.6. The molecule has 0 radical (unpaired) electrons.